The monoisotopic (exact) mass is 259 g/mol. The number of hydrogen-bond donors (Lipinski definition) is 0. The molecule has 0 radical (unpaired) electrons. The predicted molar refractivity (Wildman–Crippen MR) is 64.7 cm³/mol. The van der Waals surface area contributed by atoms with Gasteiger partial charge in [0.2, 0.25) is 0 Å². The zero-order valence-electron chi connectivity index (χ0n) is 9.68. The summed E-state index contributed by atoms with van der Waals surface area (Å²) in [4.78, 5) is 10.1. The summed E-state index contributed by atoms with van der Waals surface area (Å²) in [5.74, 6) is 0.324. The third-order valence-corrected chi connectivity index (χ3v) is 2.49. The van der Waals surface area contributed by atoms with Crippen LogP contribution in [-0.4, -0.2) is 24.7 Å². The van der Waals surface area contributed by atoms with Crippen molar-refractivity contribution in [2.24, 2.45) is 0 Å². The number of nitro groups is 1. The van der Waals surface area contributed by atoms with E-state index < -0.39 is 4.92 Å². The first-order valence-corrected chi connectivity index (χ1v) is 5.52. The van der Waals surface area contributed by atoms with Crippen molar-refractivity contribution in [2.75, 3.05) is 13.7 Å². The van der Waals surface area contributed by atoms with Crippen molar-refractivity contribution in [1.82, 2.24) is 0 Å². The maximum absolute atomic E-state index is 10.6. The average molecular weight is 260 g/mol. The molecule has 94 valence electrons. The Morgan fingerprint density at radius 2 is 2.24 bits per heavy atom. The molecule has 1 aromatic rings. The fourth-order valence-corrected chi connectivity index (χ4v) is 1.42. The molecule has 0 saturated heterocycles. The molecule has 0 aromatic heterocycles. The van der Waals surface area contributed by atoms with E-state index in [9.17, 15) is 10.1 Å². The SMILES string of the molecule is COCCC(C)Oc1cc([N+](=O)[O-])ccc1Cl. The lowest BCUT2D eigenvalue weighted by Gasteiger charge is -2.14. The number of ether oxygens (including phenoxy) is 2. The molecule has 0 spiro atoms. The van der Waals surface area contributed by atoms with Gasteiger partial charge in [0.1, 0.15) is 5.75 Å². The largest absolute Gasteiger partial charge is 0.489 e. The molecule has 0 aliphatic heterocycles. The van der Waals surface area contributed by atoms with E-state index in [2.05, 4.69) is 0 Å². The van der Waals surface area contributed by atoms with E-state index in [-0.39, 0.29) is 11.8 Å². The maximum atomic E-state index is 10.6. The average Bonchev–Trinajstić information content (AvgIpc) is 2.29. The molecular formula is C11H14ClNO4. The van der Waals surface area contributed by atoms with Crippen molar-refractivity contribution in [3.8, 4) is 5.75 Å². The number of benzene rings is 1. The van der Waals surface area contributed by atoms with Crippen LogP contribution < -0.4 is 4.74 Å². The van der Waals surface area contributed by atoms with Crippen molar-refractivity contribution in [2.45, 2.75) is 19.4 Å². The van der Waals surface area contributed by atoms with Crippen LogP contribution in [0.15, 0.2) is 18.2 Å². The van der Waals surface area contributed by atoms with E-state index in [1.54, 1.807) is 7.11 Å². The number of halogens is 1. The molecule has 1 unspecified atom stereocenters. The summed E-state index contributed by atoms with van der Waals surface area (Å²) < 4.78 is 10.4. The van der Waals surface area contributed by atoms with Gasteiger partial charge >= 0.3 is 0 Å². The Bertz CT molecular complexity index is 397. The molecule has 1 aromatic carbocycles. The number of rotatable bonds is 6. The maximum Gasteiger partial charge on any atom is 0.273 e. The molecule has 1 rings (SSSR count). The lowest BCUT2D eigenvalue weighted by Crippen LogP contribution is -2.14. The standard InChI is InChI=1S/C11H14ClNO4/c1-8(5-6-16-2)17-11-7-9(13(14)15)3-4-10(11)12/h3-4,7-8H,5-6H2,1-2H3. The zero-order valence-corrected chi connectivity index (χ0v) is 10.4. The lowest BCUT2D eigenvalue weighted by molar-refractivity contribution is -0.384. The first-order chi connectivity index (χ1) is 8.04. The van der Waals surface area contributed by atoms with Gasteiger partial charge in [0.15, 0.2) is 0 Å². The molecule has 0 amide bonds. The number of hydrogen-bond acceptors (Lipinski definition) is 4. The van der Waals surface area contributed by atoms with Crippen LogP contribution in [0.2, 0.25) is 5.02 Å². The minimum atomic E-state index is -0.483. The molecule has 0 aliphatic rings. The first kappa shape index (κ1) is 13.7. The molecule has 17 heavy (non-hydrogen) atoms. The second-order valence-electron chi connectivity index (χ2n) is 3.58. The summed E-state index contributed by atoms with van der Waals surface area (Å²) in [5, 5.41) is 11.0. The van der Waals surface area contributed by atoms with E-state index in [0.29, 0.717) is 23.8 Å². The summed E-state index contributed by atoms with van der Waals surface area (Å²) in [7, 11) is 1.60. The highest BCUT2D eigenvalue weighted by Gasteiger charge is 2.13. The minimum Gasteiger partial charge on any atom is -0.489 e. The van der Waals surface area contributed by atoms with Crippen molar-refractivity contribution in [3.63, 3.8) is 0 Å². The smallest absolute Gasteiger partial charge is 0.273 e. The van der Waals surface area contributed by atoms with Crippen LogP contribution >= 0.6 is 11.6 Å². The Labute approximate surface area is 104 Å². The summed E-state index contributed by atoms with van der Waals surface area (Å²) in [6.45, 7) is 2.42. The number of non-ortho nitro benzene ring substituents is 1. The Balaban J connectivity index is 2.75. The molecule has 6 heteroatoms. The lowest BCUT2D eigenvalue weighted by atomic mass is 10.2. The Kier molecular flexibility index (Phi) is 5.18. The molecule has 0 bridgehead atoms. The van der Waals surface area contributed by atoms with Crippen LogP contribution in [0.4, 0.5) is 5.69 Å². The van der Waals surface area contributed by atoms with Gasteiger partial charge in [-0.2, -0.15) is 0 Å². The first-order valence-electron chi connectivity index (χ1n) is 5.14. The minimum absolute atomic E-state index is 0.0386. The van der Waals surface area contributed by atoms with E-state index in [4.69, 9.17) is 21.1 Å². The van der Waals surface area contributed by atoms with Crippen LogP contribution in [0.3, 0.4) is 0 Å². The predicted octanol–water partition coefficient (Wildman–Crippen LogP) is 3.05. The molecule has 0 saturated carbocycles. The quantitative estimate of drug-likeness (QED) is 0.582. The fourth-order valence-electron chi connectivity index (χ4n) is 1.26. The number of nitrogens with zero attached hydrogens (tertiary/aromatic N) is 1. The van der Waals surface area contributed by atoms with Crippen molar-refractivity contribution in [3.05, 3.63) is 33.3 Å². The highest BCUT2D eigenvalue weighted by molar-refractivity contribution is 6.32. The summed E-state index contributed by atoms with van der Waals surface area (Å²) in [6.07, 6.45) is 0.574. The Hall–Kier alpha value is -1.33. The topological polar surface area (TPSA) is 61.6 Å². The zero-order chi connectivity index (χ0) is 12.8. The van der Waals surface area contributed by atoms with E-state index in [0.717, 1.165) is 0 Å². The van der Waals surface area contributed by atoms with Crippen LogP contribution in [0.25, 0.3) is 0 Å². The summed E-state index contributed by atoms with van der Waals surface area (Å²) in [6, 6.07) is 4.12. The van der Waals surface area contributed by atoms with E-state index in [1.165, 1.54) is 18.2 Å². The van der Waals surface area contributed by atoms with Gasteiger partial charge in [-0.1, -0.05) is 11.6 Å². The molecule has 0 fully saturated rings. The molecule has 1 atom stereocenters. The normalized spacial score (nSPS) is 12.2. The fraction of sp³-hybridized carbons (Fsp3) is 0.455. The Morgan fingerprint density at radius 1 is 1.53 bits per heavy atom. The third-order valence-electron chi connectivity index (χ3n) is 2.18. The molecular weight excluding hydrogens is 246 g/mol. The van der Waals surface area contributed by atoms with Gasteiger partial charge in [-0.3, -0.25) is 10.1 Å². The molecule has 0 aliphatic carbocycles. The van der Waals surface area contributed by atoms with Gasteiger partial charge < -0.3 is 9.47 Å². The highest BCUT2D eigenvalue weighted by Crippen LogP contribution is 2.29. The van der Waals surface area contributed by atoms with Crippen molar-refractivity contribution < 1.29 is 14.4 Å². The third kappa shape index (κ3) is 4.20. The van der Waals surface area contributed by atoms with Gasteiger partial charge in [0, 0.05) is 26.2 Å². The molecule has 0 heterocycles. The van der Waals surface area contributed by atoms with Crippen molar-refractivity contribution >= 4 is 17.3 Å². The van der Waals surface area contributed by atoms with Crippen molar-refractivity contribution in [1.29, 1.82) is 0 Å². The van der Waals surface area contributed by atoms with Crippen LogP contribution in [-0.2, 0) is 4.74 Å². The van der Waals surface area contributed by atoms with E-state index in [1.807, 2.05) is 6.92 Å². The van der Waals surface area contributed by atoms with Gasteiger partial charge in [0.25, 0.3) is 5.69 Å². The van der Waals surface area contributed by atoms with E-state index >= 15 is 0 Å². The molecule has 5 nitrogen and oxygen atoms in total. The summed E-state index contributed by atoms with van der Waals surface area (Å²) >= 11 is 5.90. The van der Waals surface area contributed by atoms with Gasteiger partial charge in [-0.05, 0) is 13.0 Å². The second-order valence-corrected chi connectivity index (χ2v) is 3.99. The van der Waals surface area contributed by atoms with Crippen LogP contribution in [0, 0.1) is 10.1 Å². The number of methoxy groups -OCH3 is 1. The highest BCUT2D eigenvalue weighted by atomic mass is 35.5. The van der Waals surface area contributed by atoms with Gasteiger partial charge in [-0.15, -0.1) is 0 Å². The van der Waals surface area contributed by atoms with Crippen LogP contribution in [0.5, 0.6) is 5.75 Å². The second kappa shape index (κ2) is 6.42. The van der Waals surface area contributed by atoms with Gasteiger partial charge in [0.05, 0.1) is 22.1 Å². The molecule has 0 N–H and O–H groups in total. The Morgan fingerprint density at radius 3 is 2.82 bits per heavy atom. The summed E-state index contributed by atoms with van der Waals surface area (Å²) in [5.41, 5.74) is -0.0386. The number of nitro benzene ring substituents is 1. The van der Waals surface area contributed by atoms with Crippen LogP contribution in [0.1, 0.15) is 13.3 Å². The van der Waals surface area contributed by atoms with Gasteiger partial charge in [-0.25, -0.2) is 0 Å².